The average Bonchev–Trinajstić information content (AvgIpc) is 3.20. The van der Waals surface area contributed by atoms with Gasteiger partial charge in [-0.3, -0.25) is 9.59 Å². The quantitative estimate of drug-likeness (QED) is 0.850. The number of thiophene rings is 1. The topological polar surface area (TPSA) is 40.6 Å². The maximum absolute atomic E-state index is 12.8. The fourth-order valence-corrected chi connectivity index (χ4v) is 4.72. The molecule has 1 aromatic carbocycles. The second-order valence-corrected chi connectivity index (χ2v) is 7.47. The van der Waals surface area contributed by atoms with E-state index >= 15 is 0 Å². The number of nitrogens with zero attached hydrogens (tertiary/aromatic N) is 2. The van der Waals surface area contributed by atoms with Crippen molar-refractivity contribution >= 4 is 33.2 Å². The number of rotatable bonds is 2. The molecule has 23 heavy (non-hydrogen) atoms. The maximum atomic E-state index is 12.8. The normalized spacial score (nSPS) is 22.1. The highest BCUT2D eigenvalue weighted by Crippen LogP contribution is 2.28. The van der Waals surface area contributed by atoms with Crippen molar-refractivity contribution in [2.75, 3.05) is 19.6 Å². The summed E-state index contributed by atoms with van der Waals surface area (Å²) < 4.78 is 1.15. The predicted molar refractivity (Wildman–Crippen MR) is 91.7 cm³/mol. The summed E-state index contributed by atoms with van der Waals surface area (Å²) in [6.07, 6.45) is 3.62. The smallest absolute Gasteiger partial charge is 0.264 e. The Morgan fingerprint density at radius 1 is 1.17 bits per heavy atom. The van der Waals surface area contributed by atoms with Crippen LogP contribution in [0.2, 0.25) is 0 Å². The molecule has 1 aromatic heterocycles. The largest absolute Gasteiger partial charge is 0.338 e. The fraction of sp³-hybridized carbons (Fsp3) is 0.444. The van der Waals surface area contributed by atoms with Gasteiger partial charge in [-0.1, -0.05) is 18.2 Å². The van der Waals surface area contributed by atoms with Gasteiger partial charge >= 0.3 is 0 Å². The molecular weight excluding hydrogens is 308 g/mol. The molecule has 0 radical (unpaired) electrons. The van der Waals surface area contributed by atoms with E-state index in [4.69, 9.17) is 0 Å². The van der Waals surface area contributed by atoms with Crippen molar-refractivity contribution in [3.05, 3.63) is 35.2 Å². The molecule has 4 nitrogen and oxygen atoms in total. The van der Waals surface area contributed by atoms with Gasteiger partial charge in [0, 0.05) is 36.8 Å². The Hall–Kier alpha value is -1.88. The lowest BCUT2D eigenvalue weighted by molar-refractivity contribution is -0.130. The van der Waals surface area contributed by atoms with E-state index in [-0.39, 0.29) is 17.9 Å². The lowest BCUT2D eigenvalue weighted by Gasteiger charge is -2.37. The van der Waals surface area contributed by atoms with Gasteiger partial charge in [0.25, 0.3) is 5.91 Å². The Morgan fingerprint density at radius 2 is 2.04 bits per heavy atom. The molecule has 2 aromatic rings. The highest BCUT2D eigenvalue weighted by Gasteiger charge is 2.33. The molecule has 0 spiro atoms. The number of piperidine rings is 1. The summed E-state index contributed by atoms with van der Waals surface area (Å²) in [6, 6.07) is 10.3. The van der Waals surface area contributed by atoms with E-state index < -0.39 is 0 Å². The van der Waals surface area contributed by atoms with Crippen LogP contribution >= 0.6 is 11.3 Å². The van der Waals surface area contributed by atoms with E-state index in [9.17, 15) is 9.59 Å². The first-order valence-electron chi connectivity index (χ1n) is 8.30. The lowest BCUT2D eigenvalue weighted by Crippen LogP contribution is -2.50. The minimum Gasteiger partial charge on any atom is -0.338 e. The number of hydrogen-bond acceptors (Lipinski definition) is 3. The van der Waals surface area contributed by atoms with Gasteiger partial charge < -0.3 is 9.80 Å². The van der Waals surface area contributed by atoms with Crippen molar-refractivity contribution in [1.29, 1.82) is 0 Å². The molecule has 0 bridgehead atoms. The van der Waals surface area contributed by atoms with Gasteiger partial charge in [0.2, 0.25) is 5.91 Å². The molecule has 3 heterocycles. The van der Waals surface area contributed by atoms with Crippen LogP contribution in [0.25, 0.3) is 10.1 Å². The standard InChI is InChI=1S/C18H20N2O2S/c21-17-8-4-10-20(17)14-6-3-9-19(12-14)18(22)16-11-13-5-1-2-7-15(13)23-16/h1-2,5,7,11,14H,3-4,6,8-10,12H2/t14-/m1/s1. The summed E-state index contributed by atoms with van der Waals surface area (Å²) >= 11 is 1.56. The van der Waals surface area contributed by atoms with E-state index in [0.717, 1.165) is 47.3 Å². The summed E-state index contributed by atoms with van der Waals surface area (Å²) in [5, 5.41) is 1.13. The molecule has 1 atom stereocenters. The van der Waals surface area contributed by atoms with Crippen LogP contribution in [0.5, 0.6) is 0 Å². The van der Waals surface area contributed by atoms with Crippen molar-refractivity contribution in [1.82, 2.24) is 9.80 Å². The molecule has 0 saturated carbocycles. The molecule has 5 heteroatoms. The zero-order valence-corrected chi connectivity index (χ0v) is 13.8. The first kappa shape index (κ1) is 14.7. The van der Waals surface area contributed by atoms with Gasteiger partial charge in [-0.2, -0.15) is 0 Å². The Morgan fingerprint density at radius 3 is 2.83 bits per heavy atom. The highest BCUT2D eigenvalue weighted by atomic mass is 32.1. The summed E-state index contributed by atoms with van der Waals surface area (Å²) in [4.78, 5) is 29.5. The molecule has 2 saturated heterocycles. The number of hydrogen-bond donors (Lipinski definition) is 0. The number of carbonyl (C=O) groups excluding carboxylic acids is 2. The molecule has 0 unspecified atom stereocenters. The van der Waals surface area contributed by atoms with Crippen LogP contribution in [-0.4, -0.2) is 47.3 Å². The maximum Gasteiger partial charge on any atom is 0.264 e. The molecule has 0 aliphatic carbocycles. The van der Waals surface area contributed by atoms with Crippen molar-refractivity contribution in [3.63, 3.8) is 0 Å². The van der Waals surface area contributed by atoms with E-state index in [1.165, 1.54) is 0 Å². The summed E-state index contributed by atoms with van der Waals surface area (Å²) in [7, 11) is 0. The third-order valence-electron chi connectivity index (χ3n) is 4.87. The number of amides is 2. The van der Waals surface area contributed by atoms with E-state index in [0.29, 0.717) is 13.0 Å². The van der Waals surface area contributed by atoms with Crippen molar-refractivity contribution in [2.24, 2.45) is 0 Å². The van der Waals surface area contributed by atoms with Crippen LogP contribution in [0.15, 0.2) is 30.3 Å². The average molecular weight is 328 g/mol. The minimum atomic E-state index is 0.113. The summed E-state index contributed by atoms with van der Waals surface area (Å²) in [5.41, 5.74) is 0. The van der Waals surface area contributed by atoms with Gasteiger partial charge in [0.15, 0.2) is 0 Å². The monoisotopic (exact) mass is 328 g/mol. The van der Waals surface area contributed by atoms with E-state index in [1.54, 1.807) is 11.3 Å². The van der Waals surface area contributed by atoms with E-state index in [1.807, 2.05) is 34.1 Å². The third kappa shape index (κ3) is 2.74. The summed E-state index contributed by atoms with van der Waals surface area (Å²) in [6.45, 7) is 2.33. The van der Waals surface area contributed by atoms with Crippen LogP contribution < -0.4 is 0 Å². The van der Waals surface area contributed by atoms with Crippen molar-refractivity contribution < 1.29 is 9.59 Å². The molecule has 2 aliphatic rings. The molecule has 120 valence electrons. The highest BCUT2D eigenvalue weighted by molar-refractivity contribution is 7.20. The Bertz CT molecular complexity index is 721. The molecule has 2 fully saturated rings. The van der Waals surface area contributed by atoms with Gasteiger partial charge in [-0.15, -0.1) is 11.3 Å². The zero-order chi connectivity index (χ0) is 15.8. The summed E-state index contributed by atoms with van der Waals surface area (Å²) in [5.74, 6) is 0.369. The Labute approximate surface area is 139 Å². The zero-order valence-electron chi connectivity index (χ0n) is 13.0. The molecule has 2 aliphatic heterocycles. The van der Waals surface area contributed by atoms with Crippen LogP contribution in [-0.2, 0) is 4.79 Å². The number of likely N-dealkylation sites (tertiary alicyclic amines) is 2. The number of fused-ring (bicyclic) bond motifs is 1. The Balaban J connectivity index is 1.52. The van der Waals surface area contributed by atoms with Gasteiger partial charge in [0.05, 0.1) is 4.88 Å². The van der Waals surface area contributed by atoms with Crippen LogP contribution in [0, 0.1) is 0 Å². The van der Waals surface area contributed by atoms with E-state index in [2.05, 4.69) is 6.07 Å². The third-order valence-corrected chi connectivity index (χ3v) is 5.97. The second kappa shape index (κ2) is 5.96. The molecule has 4 rings (SSSR count). The van der Waals surface area contributed by atoms with Crippen LogP contribution in [0.4, 0.5) is 0 Å². The Kier molecular flexibility index (Phi) is 3.81. The first-order chi connectivity index (χ1) is 11.2. The van der Waals surface area contributed by atoms with Crippen LogP contribution in [0.1, 0.15) is 35.4 Å². The van der Waals surface area contributed by atoms with Crippen molar-refractivity contribution in [2.45, 2.75) is 31.7 Å². The molecule has 0 N–H and O–H groups in total. The predicted octanol–water partition coefficient (Wildman–Crippen LogP) is 3.13. The molecule has 2 amide bonds. The SMILES string of the molecule is O=C(c1cc2ccccc2s1)N1CCC[C@@H](N2CCCC2=O)C1. The van der Waals surface area contributed by atoms with Gasteiger partial charge in [-0.25, -0.2) is 0 Å². The first-order valence-corrected chi connectivity index (χ1v) is 9.11. The molecular formula is C18H20N2O2S. The van der Waals surface area contributed by atoms with Gasteiger partial charge in [-0.05, 0) is 36.8 Å². The van der Waals surface area contributed by atoms with Crippen LogP contribution in [0.3, 0.4) is 0 Å². The lowest BCUT2D eigenvalue weighted by atomic mass is 10.0. The minimum absolute atomic E-state index is 0.113. The number of carbonyl (C=O) groups is 2. The van der Waals surface area contributed by atoms with Gasteiger partial charge in [0.1, 0.15) is 0 Å². The second-order valence-electron chi connectivity index (χ2n) is 6.39. The van der Waals surface area contributed by atoms with Crippen molar-refractivity contribution in [3.8, 4) is 0 Å². The number of benzene rings is 1. The fourth-order valence-electron chi connectivity index (χ4n) is 3.69.